The van der Waals surface area contributed by atoms with Crippen molar-refractivity contribution in [1.82, 2.24) is 5.32 Å². The SMILES string of the molecule is C=C(C)C(=O)OC(OCCCCC(F)(F)C(F)(F)S)(C(=O)NC1CCCCC1)C(F)(F)F. The van der Waals surface area contributed by atoms with Crippen molar-refractivity contribution in [1.29, 1.82) is 0 Å². The van der Waals surface area contributed by atoms with E-state index in [0.29, 0.717) is 25.7 Å². The number of rotatable bonds is 11. The molecule has 186 valence electrons. The lowest BCUT2D eigenvalue weighted by Gasteiger charge is -2.35. The van der Waals surface area contributed by atoms with E-state index >= 15 is 0 Å². The van der Waals surface area contributed by atoms with Gasteiger partial charge in [0.15, 0.2) is 0 Å². The Labute approximate surface area is 186 Å². The van der Waals surface area contributed by atoms with Gasteiger partial charge in [0.2, 0.25) is 0 Å². The van der Waals surface area contributed by atoms with Crippen molar-refractivity contribution in [2.45, 2.75) is 87.5 Å². The van der Waals surface area contributed by atoms with Crippen molar-refractivity contribution < 1.29 is 49.8 Å². The highest BCUT2D eigenvalue weighted by Gasteiger charge is 2.66. The molecular formula is C19H26F7NO4S. The predicted molar refractivity (Wildman–Crippen MR) is 103 cm³/mol. The molecule has 0 aliphatic heterocycles. The minimum Gasteiger partial charge on any atom is -0.412 e. The number of carbonyl (C=O) groups excluding carboxylic acids is 2. The molecule has 1 amide bonds. The van der Waals surface area contributed by atoms with Crippen LogP contribution in [0.3, 0.4) is 0 Å². The number of amides is 1. The van der Waals surface area contributed by atoms with Gasteiger partial charge in [-0.1, -0.05) is 38.5 Å². The number of thiol groups is 1. The Morgan fingerprint density at radius 1 is 1.03 bits per heavy atom. The van der Waals surface area contributed by atoms with E-state index in [1.807, 2.05) is 0 Å². The maximum atomic E-state index is 13.9. The van der Waals surface area contributed by atoms with E-state index in [2.05, 4.69) is 34.0 Å². The molecule has 1 rings (SSSR count). The summed E-state index contributed by atoms with van der Waals surface area (Å²) in [6, 6.07) is -0.596. The molecule has 13 heteroatoms. The number of ether oxygens (including phenoxy) is 2. The van der Waals surface area contributed by atoms with Gasteiger partial charge in [0, 0.05) is 18.0 Å². The average Bonchev–Trinajstić information content (AvgIpc) is 2.65. The molecule has 1 saturated carbocycles. The second kappa shape index (κ2) is 11.1. The van der Waals surface area contributed by atoms with Crippen LogP contribution in [0.2, 0.25) is 0 Å². The van der Waals surface area contributed by atoms with E-state index in [1.54, 1.807) is 0 Å². The third-order valence-corrected chi connectivity index (χ3v) is 5.16. The second-order valence-corrected chi connectivity index (χ2v) is 8.21. The summed E-state index contributed by atoms with van der Waals surface area (Å²) >= 11 is 2.51. The topological polar surface area (TPSA) is 64.6 Å². The monoisotopic (exact) mass is 497 g/mol. The van der Waals surface area contributed by atoms with Crippen LogP contribution in [-0.2, 0) is 19.1 Å². The highest BCUT2D eigenvalue weighted by Crippen LogP contribution is 2.41. The lowest BCUT2D eigenvalue weighted by molar-refractivity contribution is -0.347. The number of unbranched alkanes of at least 4 members (excludes halogenated alkanes) is 1. The van der Waals surface area contributed by atoms with Crippen molar-refractivity contribution in [3.05, 3.63) is 12.2 Å². The van der Waals surface area contributed by atoms with Crippen molar-refractivity contribution in [2.24, 2.45) is 0 Å². The molecule has 0 aromatic carbocycles. The molecule has 5 nitrogen and oxygen atoms in total. The number of halogens is 7. The molecule has 1 unspecified atom stereocenters. The molecule has 0 heterocycles. The highest BCUT2D eigenvalue weighted by molar-refractivity contribution is 7.81. The number of alkyl halides is 7. The van der Waals surface area contributed by atoms with E-state index in [-0.39, 0.29) is 0 Å². The summed E-state index contributed by atoms with van der Waals surface area (Å²) in [6.45, 7) is 3.25. The Kier molecular flexibility index (Phi) is 9.88. The molecular weight excluding hydrogens is 471 g/mol. The van der Waals surface area contributed by atoms with E-state index in [1.165, 1.54) is 0 Å². The van der Waals surface area contributed by atoms with Gasteiger partial charge in [0.1, 0.15) is 0 Å². The van der Waals surface area contributed by atoms with E-state index in [9.17, 15) is 40.3 Å². The van der Waals surface area contributed by atoms with Gasteiger partial charge in [-0.25, -0.2) is 4.79 Å². The largest absolute Gasteiger partial charge is 0.466 e. The molecule has 1 atom stereocenters. The molecule has 1 fully saturated rings. The summed E-state index contributed by atoms with van der Waals surface area (Å²) in [4.78, 5) is 24.5. The zero-order chi connectivity index (χ0) is 24.8. The molecule has 1 aliphatic carbocycles. The van der Waals surface area contributed by atoms with Gasteiger partial charge in [-0.15, -0.1) is 0 Å². The highest BCUT2D eigenvalue weighted by atomic mass is 32.1. The molecule has 0 radical (unpaired) electrons. The zero-order valence-electron chi connectivity index (χ0n) is 17.4. The van der Waals surface area contributed by atoms with Crippen LogP contribution in [0.1, 0.15) is 58.3 Å². The van der Waals surface area contributed by atoms with Gasteiger partial charge >= 0.3 is 35.0 Å². The van der Waals surface area contributed by atoms with Crippen LogP contribution in [0.4, 0.5) is 30.7 Å². The Bertz CT molecular complexity index is 676. The number of carbonyl (C=O) groups is 2. The van der Waals surface area contributed by atoms with Gasteiger partial charge in [-0.05, 0) is 32.6 Å². The Morgan fingerprint density at radius 3 is 2.06 bits per heavy atom. The van der Waals surface area contributed by atoms with Crippen LogP contribution in [0.15, 0.2) is 12.2 Å². The van der Waals surface area contributed by atoms with Crippen LogP contribution in [0, 0.1) is 0 Å². The molecule has 0 saturated heterocycles. The summed E-state index contributed by atoms with van der Waals surface area (Å²) < 4.78 is 103. The molecule has 1 aliphatic rings. The fourth-order valence-corrected chi connectivity index (χ4v) is 3.08. The summed E-state index contributed by atoms with van der Waals surface area (Å²) in [5.74, 6) is -11.9. The Balaban J connectivity index is 2.97. The van der Waals surface area contributed by atoms with Crippen molar-refractivity contribution in [3.8, 4) is 0 Å². The zero-order valence-corrected chi connectivity index (χ0v) is 18.3. The first kappa shape index (κ1) is 28.5. The van der Waals surface area contributed by atoms with Crippen molar-refractivity contribution >= 4 is 24.5 Å². The molecule has 0 spiro atoms. The quantitative estimate of drug-likeness (QED) is 0.103. The second-order valence-electron chi connectivity index (χ2n) is 7.64. The fraction of sp³-hybridized carbons (Fsp3) is 0.789. The molecule has 0 bridgehead atoms. The van der Waals surface area contributed by atoms with E-state index in [4.69, 9.17) is 0 Å². The summed E-state index contributed by atoms with van der Waals surface area (Å²) in [6.07, 6.45) is -5.09. The van der Waals surface area contributed by atoms with Gasteiger partial charge in [0.25, 0.3) is 0 Å². The first-order valence-corrected chi connectivity index (χ1v) is 10.4. The molecule has 0 aromatic heterocycles. The number of hydrogen-bond acceptors (Lipinski definition) is 5. The van der Waals surface area contributed by atoms with Crippen molar-refractivity contribution in [2.75, 3.05) is 6.61 Å². The molecule has 0 aromatic rings. The Hall–Kier alpha value is -1.50. The Morgan fingerprint density at radius 2 is 1.59 bits per heavy atom. The minimum atomic E-state index is -5.53. The maximum absolute atomic E-state index is 13.9. The van der Waals surface area contributed by atoms with Gasteiger partial charge in [-0.3, -0.25) is 4.79 Å². The van der Waals surface area contributed by atoms with Crippen LogP contribution < -0.4 is 5.32 Å². The molecule has 1 N–H and O–H groups in total. The third-order valence-electron chi connectivity index (χ3n) is 4.83. The van der Waals surface area contributed by atoms with Crippen LogP contribution >= 0.6 is 12.6 Å². The number of esters is 1. The normalized spacial score (nSPS) is 18.0. The fourth-order valence-electron chi connectivity index (χ4n) is 2.97. The third kappa shape index (κ3) is 7.53. The first-order chi connectivity index (χ1) is 14.5. The smallest absolute Gasteiger partial charge is 0.412 e. The summed E-state index contributed by atoms with van der Waals surface area (Å²) in [5, 5.41) is -2.44. The van der Waals surface area contributed by atoms with Gasteiger partial charge in [-0.2, -0.15) is 30.7 Å². The van der Waals surface area contributed by atoms with Gasteiger partial charge < -0.3 is 14.8 Å². The lowest BCUT2D eigenvalue weighted by Crippen LogP contribution is -2.63. The number of nitrogens with one attached hydrogen (secondary N) is 1. The van der Waals surface area contributed by atoms with Crippen molar-refractivity contribution in [3.63, 3.8) is 0 Å². The van der Waals surface area contributed by atoms with Crippen LogP contribution in [0.5, 0.6) is 0 Å². The number of hydrogen-bond donors (Lipinski definition) is 2. The first-order valence-electron chi connectivity index (χ1n) is 9.92. The van der Waals surface area contributed by atoms with Gasteiger partial charge in [0.05, 0.1) is 6.61 Å². The van der Waals surface area contributed by atoms with E-state index < -0.39 is 72.5 Å². The lowest BCUT2D eigenvalue weighted by atomic mass is 9.95. The minimum absolute atomic E-state index is 0.418. The maximum Gasteiger partial charge on any atom is 0.466 e. The summed E-state index contributed by atoms with van der Waals surface area (Å²) in [7, 11) is 0. The molecule has 32 heavy (non-hydrogen) atoms. The standard InChI is InChI=1S/C19H26F7NO4S/c1-12(2)14(28)31-17(18(22,23)24,15(29)27-13-8-4-3-5-9-13)30-11-7-6-10-16(20,21)19(25,26)32/h13,32H,1,3-11H2,2H3,(H,27,29). The summed E-state index contributed by atoms with van der Waals surface area (Å²) in [5.41, 5.74) is -0.441. The van der Waals surface area contributed by atoms with Crippen LogP contribution in [0.25, 0.3) is 0 Å². The average molecular weight is 497 g/mol. The van der Waals surface area contributed by atoms with E-state index in [0.717, 1.165) is 13.3 Å². The van der Waals surface area contributed by atoms with Crippen LogP contribution in [-0.4, -0.2) is 47.7 Å². The predicted octanol–water partition coefficient (Wildman–Crippen LogP) is 5.16.